The second kappa shape index (κ2) is 146. The van der Waals surface area contributed by atoms with Crippen molar-refractivity contribution in [1.82, 2.24) is 0 Å². The first kappa shape index (κ1) is 104. The van der Waals surface area contributed by atoms with E-state index in [1.807, 2.05) is 0 Å². The Kier molecular flexibility index (Phi) is 200. The van der Waals surface area contributed by atoms with E-state index in [1.54, 1.807) is 6.92 Å². The molecule has 0 rings (SSSR count). The van der Waals surface area contributed by atoms with Crippen molar-refractivity contribution < 1.29 is 4.79 Å². The Morgan fingerprint density at radius 3 is 0.303 bits per heavy atom. The van der Waals surface area contributed by atoms with Crippen molar-refractivity contribution in [3.63, 3.8) is 0 Å². The van der Waals surface area contributed by atoms with Crippen LogP contribution < -0.4 is 0 Å². The van der Waals surface area contributed by atoms with Crippen molar-refractivity contribution in [3.05, 3.63) is 0 Å². The number of Topliss-reactive ketones (excluding diaryl/α,β-unsaturated/α-hetero) is 1. The largest absolute Gasteiger partial charge is 0.300 e. The van der Waals surface area contributed by atoms with Crippen molar-refractivity contribution in [1.29, 1.82) is 0 Å². The van der Waals surface area contributed by atoms with Crippen LogP contribution in [0.15, 0.2) is 0 Å². The van der Waals surface area contributed by atoms with Gasteiger partial charge in [-0.05, 0) is 13.3 Å². The first-order valence-corrected chi connectivity index (χ1v) is 36.3. The van der Waals surface area contributed by atoms with Gasteiger partial charge in [-0.2, -0.15) is 0 Å². The van der Waals surface area contributed by atoms with Gasteiger partial charge >= 0.3 is 0 Å². The number of hydrogen-bond acceptors (Lipinski definition) is 1. The van der Waals surface area contributed by atoms with Crippen LogP contribution in [0.2, 0.25) is 0 Å². The SMILES string of the molecule is CCCCCC.CCCCCC.CCCCCC.CCCCCC.CCCCCC.CCCCCC.CCCCCC.CCCCCC.CCCCCC.CCCCCC.CCCCCC.CCCCCCCC(C)=O. The van der Waals surface area contributed by atoms with Crippen molar-refractivity contribution >= 4 is 5.78 Å². The van der Waals surface area contributed by atoms with E-state index in [9.17, 15) is 4.79 Å². The number of carbonyl (C=O) groups is 1. The molecule has 0 saturated heterocycles. The number of hydrogen-bond donors (Lipinski definition) is 0. The molecule has 0 aliphatic rings. The lowest BCUT2D eigenvalue weighted by Gasteiger charge is -1.95. The zero-order valence-corrected chi connectivity index (χ0v) is 60.3. The summed E-state index contributed by atoms with van der Waals surface area (Å²) in [7, 11) is 0. The van der Waals surface area contributed by atoms with Crippen LogP contribution in [-0.4, -0.2) is 5.78 Å². The molecule has 0 aliphatic heterocycles. The lowest BCUT2D eigenvalue weighted by molar-refractivity contribution is -0.117. The van der Waals surface area contributed by atoms with Gasteiger partial charge in [-0.25, -0.2) is 0 Å². The molecule has 0 N–H and O–H groups in total. The highest BCUT2D eigenvalue weighted by Crippen LogP contribution is 2.05. The normalized spacial score (nSPS) is 9.11. The molecule has 0 fully saturated rings. The van der Waals surface area contributed by atoms with Gasteiger partial charge in [-0.1, -0.05) is 467 Å². The molecule has 0 spiro atoms. The predicted octanol–water partition coefficient (Wildman–Crippen LogP) is 31.4. The Balaban J connectivity index is -0.0000000590. The summed E-state index contributed by atoms with van der Waals surface area (Å²) in [5.41, 5.74) is 0. The molecule has 76 heavy (non-hydrogen) atoms. The van der Waals surface area contributed by atoms with Crippen molar-refractivity contribution in [3.8, 4) is 0 Å². The molecule has 0 aliphatic carbocycles. The Hall–Kier alpha value is -0.330. The van der Waals surface area contributed by atoms with Crippen LogP contribution >= 0.6 is 0 Å². The van der Waals surface area contributed by atoms with Crippen LogP contribution in [0, 0.1) is 0 Å². The summed E-state index contributed by atoms with van der Waals surface area (Å²) in [5.74, 6) is 0.330. The third-order valence-electron chi connectivity index (χ3n) is 12.2. The minimum atomic E-state index is 0.330. The summed E-state index contributed by atoms with van der Waals surface area (Å²) in [6.45, 7) is 53.0. The average Bonchev–Trinajstić information content (AvgIpc) is 3.44. The summed E-state index contributed by atoms with van der Waals surface area (Å²) in [6, 6.07) is 0. The van der Waals surface area contributed by atoms with Crippen LogP contribution in [-0.2, 0) is 4.79 Å². The third kappa shape index (κ3) is 247. The number of rotatable bonds is 39. The molecular weight excluding hydrogens is 917 g/mol. The Morgan fingerprint density at radius 2 is 0.224 bits per heavy atom. The minimum Gasteiger partial charge on any atom is -0.300 e. The van der Waals surface area contributed by atoms with Gasteiger partial charge in [-0.15, -0.1) is 0 Å². The first-order valence-electron chi connectivity index (χ1n) is 36.3. The molecule has 0 bridgehead atoms. The molecule has 1 nitrogen and oxygen atoms in total. The molecule has 0 radical (unpaired) electrons. The highest BCUT2D eigenvalue weighted by atomic mass is 16.1. The predicted molar refractivity (Wildman–Crippen MR) is 372 cm³/mol. The molecule has 0 atom stereocenters. The van der Waals surface area contributed by atoms with E-state index in [4.69, 9.17) is 0 Å². The van der Waals surface area contributed by atoms with Crippen LogP contribution in [0.3, 0.4) is 0 Å². The fourth-order valence-corrected chi connectivity index (χ4v) is 6.48. The van der Waals surface area contributed by atoms with Gasteiger partial charge in [0.2, 0.25) is 0 Å². The van der Waals surface area contributed by atoms with Gasteiger partial charge in [0.15, 0.2) is 0 Å². The summed E-state index contributed by atoms with van der Waals surface area (Å²) >= 11 is 0. The van der Waals surface area contributed by atoms with Crippen LogP contribution in [0.4, 0.5) is 0 Å². The molecule has 0 amide bonds. The maximum absolute atomic E-state index is 10.5. The molecule has 1 heteroatoms. The molecule has 478 valence electrons. The maximum atomic E-state index is 10.5. The average molecular weight is 1090 g/mol. The van der Waals surface area contributed by atoms with E-state index in [-0.39, 0.29) is 0 Å². The zero-order chi connectivity index (χ0) is 60.9. The molecule has 0 saturated carbocycles. The highest BCUT2D eigenvalue weighted by molar-refractivity contribution is 5.75. The van der Waals surface area contributed by atoms with E-state index < -0.39 is 0 Å². The van der Waals surface area contributed by atoms with Crippen LogP contribution in [0.25, 0.3) is 0 Å². The monoisotopic (exact) mass is 1090 g/mol. The fraction of sp³-hybridized carbons (Fsp3) is 0.987. The minimum absolute atomic E-state index is 0.330. The van der Waals surface area contributed by atoms with Gasteiger partial charge in [-0.3, -0.25) is 0 Å². The Bertz CT molecular complexity index is 458. The summed E-state index contributed by atoms with van der Waals surface area (Å²) < 4.78 is 0. The van der Waals surface area contributed by atoms with E-state index in [2.05, 4.69) is 159 Å². The number of unbranched alkanes of at least 4 members (excludes halogenated alkanes) is 37. The second-order valence-corrected chi connectivity index (χ2v) is 21.6. The Labute approximate surface area is 495 Å². The molecule has 0 aromatic rings. The van der Waals surface area contributed by atoms with Gasteiger partial charge in [0.25, 0.3) is 0 Å². The van der Waals surface area contributed by atoms with Gasteiger partial charge in [0.05, 0.1) is 0 Å². The molecule has 0 heterocycles. The maximum Gasteiger partial charge on any atom is 0.129 e. The lowest BCUT2D eigenvalue weighted by Crippen LogP contribution is -1.88. The third-order valence-corrected chi connectivity index (χ3v) is 12.2. The van der Waals surface area contributed by atoms with E-state index in [0.29, 0.717) is 5.78 Å². The molecular formula is C75H172O. The van der Waals surface area contributed by atoms with E-state index in [0.717, 1.165) is 12.8 Å². The molecule has 0 aromatic heterocycles. The number of ketones is 1. The fourth-order valence-electron chi connectivity index (χ4n) is 6.48. The van der Waals surface area contributed by atoms with Crippen LogP contribution in [0.5, 0.6) is 0 Å². The summed E-state index contributed by atoms with van der Waals surface area (Å²) in [5, 5.41) is 0. The smallest absolute Gasteiger partial charge is 0.129 e. The first-order chi connectivity index (χ1) is 36.8. The quantitative estimate of drug-likeness (QED) is 0.0561. The van der Waals surface area contributed by atoms with Gasteiger partial charge in [0.1, 0.15) is 5.78 Å². The van der Waals surface area contributed by atoms with Gasteiger partial charge in [0, 0.05) is 6.42 Å². The van der Waals surface area contributed by atoms with Crippen molar-refractivity contribution in [2.75, 3.05) is 0 Å². The summed E-state index contributed by atoms with van der Waals surface area (Å²) in [4.78, 5) is 10.5. The molecule has 0 aromatic carbocycles. The van der Waals surface area contributed by atoms with E-state index >= 15 is 0 Å². The van der Waals surface area contributed by atoms with Crippen LogP contribution in [0.1, 0.15) is 487 Å². The van der Waals surface area contributed by atoms with E-state index in [1.165, 1.54) is 308 Å². The second-order valence-electron chi connectivity index (χ2n) is 21.6. The summed E-state index contributed by atoms with van der Waals surface area (Å²) in [6.07, 6.45) is 67.9. The van der Waals surface area contributed by atoms with Crippen molar-refractivity contribution in [2.24, 2.45) is 0 Å². The zero-order valence-electron chi connectivity index (χ0n) is 60.3. The number of carbonyl (C=O) groups excluding carboxylic acids is 1. The Morgan fingerprint density at radius 1 is 0.145 bits per heavy atom. The molecule has 0 unspecified atom stereocenters. The van der Waals surface area contributed by atoms with Crippen molar-refractivity contribution in [2.45, 2.75) is 487 Å². The topological polar surface area (TPSA) is 17.1 Å². The van der Waals surface area contributed by atoms with Gasteiger partial charge < -0.3 is 4.79 Å². The standard InChI is InChI=1S/C9H18O.11C6H14/c1-3-4-5-6-7-8-9(2)10;11*1-3-5-6-4-2/h3-8H2,1-2H3;11*3-6H2,1-2H3. The lowest BCUT2D eigenvalue weighted by atomic mass is 10.1. The highest BCUT2D eigenvalue weighted by Gasteiger charge is 1.92.